The van der Waals surface area contributed by atoms with Crippen molar-refractivity contribution in [3.63, 3.8) is 0 Å². The Morgan fingerprint density at radius 1 is 1.36 bits per heavy atom. The van der Waals surface area contributed by atoms with Crippen LogP contribution >= 0.6 is 0 Å². The average Bonchev–Trinajstić information content (AvgIpc) is 3.28. The molecule has 1 aromatic carbocycles. The van der Waals surface area contributed by atoms with Gasteiger partial charge in [-0.15, -0.1) is 0 Å². The van der Waals surface area contributed by atoms with Gasteiger partial charge >= 0.3 is 0 Å². The molecule has 134 valence electrons. The van der Waals surface area contributed by atoms with Gasteiger partial charge in [-0.1, -0.05) is 12.1 Å². The summed E-state index contributed by atoms with van der Waals surface area (Å²) in [7, 11) is 3.56. The fraction of sp³-hybridized carbons (Fsp3) is 0.474. The van der Waals surface area contributed by atoms with Crippen LogP contribution in [0.15, 0.2) is 36.7 Å². The van der Waals surface area contributed by atoms with Crippen LogP contribution in [0.25, 0.3) is 0 Å². The van der Waals surface area contributed by atoms with Gasteiger partial charge in [0.25, 0.3) is 0 Å². The third-order valence-electron chi connectivity index (χ3n) is 4.91. The highest BCUT2D eigenvalue weighted by Gasteiger charge is 2.36. The molecule has 3 rings (SSSR count). The summed E-state index contributed by atoms with van der Waals surface area (Å²) in [5.41, 5.74) is 2.24. The first-order valence-corrected chi connectivity index (χ1v) is 8.73. The van der Waals surface area contributed by atoms with Gasteiger partial charge in [-0.3, -0.25) is 9.48 Å². The molecule has 1 N–H and O–H groups in total. The number of nitrogens with zero attached hydrogens (tertiary/aromatic N) is 3. The average molecular weight is 342 g/mol. The van der Waals surface area contributed by atoms with Gasteiger partial charge in [0.1, 0.15) is 5.75 Å². The number of nitrogens with one attached hydrogen (secondary N) is 1. The van der Waals surface area contributed by atoms with Crippen LogP contribution in [-0.2, 0) is 18.4 Å². The van der Waals surface area contributed by atoms with Crippen molar-refractivity contribution in [2.45, 2.75) is 19.4 Å². The van der Waals surface area contributed by atoms with E-state index in [0.717, 1.165) is 30.0 Å². The quantitative estimate of drug-likeness (QED) is 0.869. The van der Waals surface area contributed by atoms with Crippen molar-refractivity contribution < 1.29 is 9.53 Å². The lowest BCUT2D eigenvalue weighted by Gasteiger charge is -2.27. The second-order valence-corrected chi connectivity index (χ2v) is 6.52. The Balaban J connectivity index is 1.72. The molecule has 2 aromatic rings. The second kappa shape index (κ2) is 7.70. The summed E-state index contributed by atoms with van der Waals surface area (Å²) >= 11 is 0. The summed E-state index contributed by atoms with van der Waals surface area (Å²) in [5.74, 6) is 1.18. The molecule has 1 aromatic heterocycles. The van der Waals surface area contributed by atoms with Crippen molar-refractivity contribution in [2.75, 3.05) is 26.7 Å². The molecule has 0 radical (unpaired) electrons. The second-order valence-electron chi connectivity index (χ2n) is 6.52. The van der Waals surface area contributed by atoms with Crippen LogP contribution < -0.4 is 10.1 Å². The van der Waals surface area contributed by atoms with Gasteiger partial charge in [-0.05, 0) is 30.2 Å². The molecule has 0 saturated carbocycles. The number of ether oxygens (including phenoxy) is 1. The minimum absolute atomic E-state index is 0.0394. The predicted molar refractivity (Wildman–Crippen MR) is 96.4 cm³/mol. The normalized spacial score (nSPS) is 19.8. The summed E-state index contributed by atoms with van der Waals surface area (Å²) in [6, 6.07) is 7.90. The van der Waals surface area contributed by atoms with Crippen molar-refractivity contribution in [1.29, 1.82) is 0 Å². The number of benzene rings is 1. The Morgan fingerprint density at radius 3 is 2.72 bits per heavy atom. The first-order valence-electron chi connectivity index (χ1n) is 8.73. The number of hydrogen-bond acceptors (Lipinski definition) is 4. The summed E-state index contributed by atoms with van der Waals surface area (Å²) in [4.78, 5) is 15.1. The van der Waals surface area contributed by atoms with E-state index in [2.05, 4.69) is 10.4 Å². The number of rotatable bonds is 6. The molecule has 0 unspecified atom stereocenters. The van der Waals surface area contributed by atoms with E-state index in [4.69, 9.17) is 4.74 Å². The highest BCUT2D eigenvalue weighted by atomic mass is 16.5. The van der Waals surface area contributed by atoms with Crippen LogP contribution in [0.3, 0.4) is 0 Å². The third kappa shape index (κ3) is 3.85. The molecule has 1 fully saturated rings. The maximum atomic E-state index is 13.1. The molecular weight excluding hydrogens is 316 g/mol. The van der Waals surface area contributed by atoms with Crippen LogP contribution in [0.5, 0.6) is 5.75 Å². The van der Waals surface area contributed by atoms with Crippen molar-refractivity contribution in [1.82, 2.24) is 20.0 Å². The largest absolute Gasteiger partial charge is 0.497 e. The van der Waals surface area contributed by atoms with Gasteiger partial charge in [-0.2, -0.15) is 5.10 Å². The van der Waals surface area contributed by atoms with Gasteiger partial charge in [0, 0.05) is 45.3 Å². The Hall–Kier alpha value is -2.34. The van der Waals surface area contributed by atoms with Crippen molar-refractivity contribution >= 4 is 5.91 Å². The van der Waals surface area contributed by atoms with E-state index < -0.39 is 0 Å². The van der Waals surface area contributed by atoms with E-state index in [1.807, 2.05) is 55.5 Å². The fourth-order valence-corrected chi connectivity index (χ4v) is 3.45. The zero-order chi connectivity index (χ0) is 17.8. The lowest BCUT2D eigenvalue weighted by atomic mass is 9.89. The molecule has 1 aliphatic rings. The Morgan fingerprint density at radius 2 is 2.12 bits per heavy atom. The van der Waals surface area contributed by atoms with Gasteiger partial charge in [0.2, 0.25) is 5.91 Å². The number of aromatic nitrogens is 2. The van der Waals surface area contributed by atoms with Gasteiger partial charge in [0.15, 0.2) is 0 Å². The molecule has 0 aliphatic carbocycles. The maximum absolute atomic E-state index is 13.1. The maximum Gasteiger partial charge on any atom is 0.227 e. The molecule has 0 spiro atoms. The molecule has 1 saturated heterocycles. The highest BCUT2D eigenvalue weighted by Crippen LogP contribution is 2.29. The van der Waals surface area contributed by atoms with Gasteiger partial charge in [-0.25, -0.2) is 0 Å². The lowest BCUT2D eigenvalue weighted by Crippen LogP contribution is -2.38. The van der Waals surface area contributed by atoms with Crippen molar-refractivity contribution in [3.05, 3.63) is 47.8 Å². The minimum Gasteiger partial charge on any atom is -0.497 e. The standard InChI is InChI=1S/C19H26N4O2/c1-4-23(12-14-5-7-16(25-3)8-6-14)19(24)18-11-20-10-17(18)15-9-21-22(2)13-15/h5-9,13,17-18,20H,4,10-12H2,1-3H3/t17-,18+/m1/s1. The fourth-order valence-electron chi connectivity index (χ4n) is 3.45. The van der Waals surface area contributed by atoms with Crippen LogP contribution in [-0.4, -0.2) is 47.3 Å². The minimum atomic E-state index is -0.0394. The Kier molecular flexibility index (Phi) is 5.38. The number of hydrogen-bond donors (Lipinski definition) is 1. The number of methoxy groups -OCH3 is 1. The van der Waals surface area contributed by atoms with Crippen molar-refractivity contribution in [3.8, 4) is 5.75 Å². The van der Waals surface area contributed by atoms with Gasteiger partial charge in [0.05, 0.1) is 19.2 Å². The predicted octanol–water partition coefficient (Wildman–Crippen LogP) is 1.78. The Bertz CT molecular complexity index is 710. The molecule has 1 amide bonds. The Labute approximate surface area is 148 Å². The highest BCUT2D eigenvalue weighted by molar-refractivity contribution is 5.80. The van der Waals surface area contributed by atoms with E-state index in [-0.39, 0.29) is 17.7 Å². The zero-order valence-corrected chi connectivity index (χ0v) is 15.1. The number of aryl methyl sites for hydroxylation is 1. The summed E-state index contributed by atoms with van der Waals surface area (Å²) in [5, 5.41) is 7.62. The molecule has 25 heavy (non-hydrogen) atoms. The van der Waals surface area contributed by atoms with Crippen LogP contribution in [0.4, 0.5) is 0 Å². The van der Waals surface area contributed by atoms with E-state index in [9.17, 15) is 4.79 Å². The summed E-state index contributed by atoms with van der Waals surface area (Å²) < 4.78 is 6.99. The van der Waals surface area contributed by atoms with E-state index in [0.29, 0.717) is 13.1 Å². The molecule has 1 aliphatic heterocycles. The number of carbonyl (C=O) groups is 1. The monoisotopic (exact) mass is 342 g/mol. The molecule has 6 nitrogen and oxygen atoms in total. The van der Waals surface area contributed by atoms with Gasteiger partial charge < -0.3 is 15.0 Å². The molecular formula is C19H26N4O2. The SMILES string of the molecule is CCN(Cc1ccc(OC)cc1)C(=O)[C@H]1CNC[C@@H]1c1cnn(C)c1. The molecule has 6 heteroatoms. The smallest absolute Gasteiger partial charge is 0.227 e. The summed E-state index contributed by atoms with van der Waals surface area (Å²) in [6.45, 7) is 4.89. The van der Waals surface area contributed by atoms with Crippen LogP contribution in [0.2, 0.25) is 0 Å². The zero-order valence-electron chi connectivity index (χ0n) is 15.1. The lowest BCUT2D eigenvalue weighted by molar-refractivity contribution is -0.135. The first-order chi connectivity index (χ1) is 12.1. The van der Waals surface area contributed by atoms with Crippen LogP contribution in [0, 0.1) is 5.92 Å². The van der Waals surface area contributed by atoms with E-state index >= 15 is 0 Å². The van der Waals surface area contributed by atoms with E-state index in [1.54, 1.807) is 11.8 Å². The van der Waals surface area contributed by atoms with Crippen LogP contribution in [0.1, 0.15) is 24.0 Å². The number of carbonyl (C=O) groups excluding carboxylic acids is 1. The molecule has 0 bridgehead atoms. The molecule has 2 atom stereocenters. The third-order valence-corrected chi connectivity index (χ3v) is 4.91. The number of amides is 1. The van der Waals surface area contributed by atoms with Crippen molar-refractivity contribution in [2.24, 2.45) is 13.0 Å². The first kappa shape index (κ1) is 17.5. The topological polar surface area (TPSA) is 59.4 Å². The van der Waals surface area contributed by atoms with E-state index in [1.165, 1.54) is 0 Å². The summed E-state index contributed by atoms with van der Waals surface area (Å²) in [6.07, 6.45) is 3.88. The molecule has 2 heterocycles.